The molecule has 0 unspecified atom stereocenters. The largest absolute Gasteiger partial charge is 0.490 e. The summed E-state index contributed by atoms with van der Waals surface area (Å²) < 4.78 is 20.5. The van der Waals surface area contributed by atoms with Crippen molar-refractivity contribution in [1.29, 1.82) is 0 Å². The second kappa shape index (κ2) is 8.84. The minimum Gasteiger partial charge on any atom is -0.490 e. The molecule has 1 heterocycles. The van der Waals surface area contributed by atoms with E-state index >= 15 is 0 Å². The van der Waals surface area contributed by atoms with Gasteiger partial charge in [0, 0.05) is 6.92 Å². The van der Waals surface area contributed by atoms with E-state index in [2.05, 4.69) is 0 Å². The molecule has 0 aromatic heterocycles. The van der Waals surface area contributed by atoms with E-state index in [0.29, 0.717) is 6.42 Å². The van der Waals surface area contributed by atoms with Gasteiger partial charge in [-0.15, -0.1) is 0 Å². The first kappa shape index (κ1) is 21.0. The van der Waals surface area contributed by atoms with Crippen LogP contribution in [0, 0.1) is 5.41 Å². The number of unbranched alkanes of at least 4 members (excludes halogenated alkanes) is 1. The molecule has 25 heavy (non-hydrogen) atoms. The number of hydrogen-bond acceptors (Lipinski definition) is 8. The van der Waals surface area contributed by atoms with Crippen LogP contribution in [0.4, 0.5) is 0 Å². The van der Waals surface area contributed by atoms with Crippen LogP contribution in [0.15, 0.2) is 11.5 Å². The monoisotopic (exact) mass is 358 g/mol. The summed E-state index contributed by atoms with van der Waals surface area (Å²) in [6.07, 6.45) is -0.994. The van der Waals surface area contributed by atoms with Crippen LogP contribution in [0.2, 0.25) is 0 Å². The Morgan fingerprint density at radius 3 is 2.48 bits per heavy atom. The Morgan fingerprint density at radius 1 is 1.32 bits per heavy atom. The van der Waals surface area contributed by atoms with Crippen molar-refractivity contribution in [2.45, 2.75) is 59.7 Å². The van der Waals surface area contributed by atoms with Crippen molar-refractivity contribution in [2.24, 2.45) is 5.41 Å². The van der Waals surface area contributed by atoms with Gasteiger partial charge in [-0.1, -0.05) is 13.3 Å². The molecule has 0 aromatic carbocycles. The number of hydrogen-bond donors (Lipinski definition) is 1. The van der Waals surface area contributed by atoms with E-state index in [9.17, 15) is 19.5 Å². The van der Waals surface area contributed by atoms with Crippen LogP contribution >= 0.6 is 0 Å². The Hall–Kier alpha value is -2.09. The van der Waals surface area contributed by atoms with E-state index in [4.69, 9.17) is 18.9 Å². The molecule has 0 spiro atoms. The Bertz CT molecular complexity index is 543. The summed E-state index contributed by atoms with van der Waals surface area (Å²) in [4.78, 5) is 35.0. The van der Waals surface area contributed by atoms with Crippen molar-refractivity contribution in [3.63, 3.8) is 0 Å². The Kier molecular flexibility index (Phi) is 7.41. The van der Waals surface area contributed by atoms with E-state index in [0.717, 1.165) is 6.42 Å². The lowest BCUT2D eigenvalue weighted by Crippen LogP contribution is -2.34. The SMILES string of the molecule is CCCCOC1=C(OC(=O)C(C)(C)C)C(=O)O[C@@H]1[C@@H](O)COC(C)=O. The number of ether oxygens (including phenoxy) is 4. The zero-order chi connectivity index (χ0) is 19.2. The maximum absolute atomic E-state index is 12.1. The van der Waals surface area contributed by atoms with E-state index in [1.807, 2.05) is 6.92 Å². The van der Waals surface area contributed by atoms with Crippen LogP contribution in [-0.4, -0.2) is 48.4 Å². The molecule has 0 fully saturated rings. The van der Waals surface area contributed by atoms with Crippen molar-refractivity contribution in [2.75, 3.05) is 13.2 Å². The van der Waals surface area contributed by atoms with Crippen molar-refractivity contribution in [3.05, 3.63) is 11.5 Å². The lowest BCUT2D eigenvalue weighted by molar-refractivity contribution is -0.158. The predicted molar refractivity (Wildman–Crippen MR) is 86.0 cm³/mol. The topological polar surface area (TPSA) is 108 Å². The summed E-state index contributed by atoms with van der Waals surface area (Å²) in [6.45, 7) is 7.95. The van der Waals surface area contributed by atoms with Gasteiger partial charge in [-0.2, -0.15) is 0 Å². The van der Waals surface area contributed by atoms with Gasteiger partial charge < -0.3 is 24.1 Å². The number of aliphatic hydroxyl groups is 1. The molecule has 2 atom stereocenters. The second-order valence-corrected chi connectivity index (χ2v) is 6.73. The molecule has 0 aromatic rings. The van der Waals surface area contributed by atoms with Crippen molar-refractivity contribution in [1.82, 2.24) is 0 Å². The van der Waals surface area contributed by atoms with Gasteiger partial charge in [0.1, 0.15) is 12.7 Å². The molecule has 142 valence electrons. The fraction of sp³-hybridized carbons (Fsp3) is 0.706. The molecule has 8 heteroatoms. The molecule has 0 aliphatic carbocycles. The first-order valence-corrected chi connectivity index (χ1v) is 8.19. The molecule has 1 aliphatic rings. The lowest BCUT2D eigenvalue weighted by Gasteiger charge is -2.20. The Labute approximate surface area is 147 Å². The van der Waals surface area contributed by atoms with Crippen LogP contribution in [0.5, 0.6) is 0 Å². The van der Waals surface area contributed by atoms with Crippen LogP contribution in [0.25, 0.3) is 0 Å². The minimum atomic E-state index is -1.34. The smallest absolute Gasteiger partial charge is 0.378 e. The molecule has 8 nitrogen and oxygen atoms in total. The number of carbonyl (C=O) groups excluding carboxylic acids is 3. The number of cyclic esters (lactones) is 1. The van der Waals surface area contributed by atoms with Gasteiger partial charge in [-0.05, 0) is 27.2 Å². The quantitative estimate of drug-likeness (QED) is 0.395. The highest BCUT2D eigenvalue weighted by molar-refractivity contribution is 5.93. The fourth-order valence-corrected chi connectivity index (χ4v) is 1.81. The minimum absolute atomic E-state index is 0.0595. The van der Waals surface area contributed by atoms with Crippen molar-refractivity contribution in [3.8, 4) is 0 Å². The van der Waals surface area contributed by atoms with Crippen LogP contribution in [0.1, 0.15) is 47.5 Å². The summed E-state index contributed by atoms with van der Waals surface area (Å²) in [5.74, 6) is -2.55. The number of aliphatic hydroxyl groups excluding tert-OH is 1. The highest BCUT2D eigenvalue weighted by Crippen LogP contribution is 2.30. The molecule has 0 saturated heterocycles. The molecule has 1 aliphatic heterocycles. The first-order chi connectivity index (χ1) is 11.6. The zero-order valence-corrected chi connectivity index (χ0v) is 15.3. The maximum atomic E-state index is 12.1. The molecule has 0 amide bonds. The summed E-state index contributed by atoms with van der Waals surface area (Å²) in [5.41, 5.74) is -0.837. The van der Waals surface area contributed by atoms with Gasteiger partial charge in [-0.25, -0.2) is 4.79 Å². The third-order valence-corrected chi connectivity index (χ3v) is 3.27. The normalized spacial score (nSPS) is 18.6. The van der Waals surface area contributed by atoms with E-state index in [1.54, 1.807) is 20.8 Å². The van der Waals surface area contributed by atoms with Crippen LogP contribution in [0.3, 0.4) is 0 Å². The Balaban J connectivity index is 3.02. The van der Waals surface area contributed by atoms with E-state index in [-0.39, 0.29) is 24.7 Å². The van der Waals surface area contributed by atoms with Crippen LogP contribution in [-0.2, 0) is 33.3 Å². The second-order valence-electron chi connectivity index (χ2n) is 6.73. The van der Waals surface area contributed by atoms with Gasteiger partial charge in [0.25, 0.3) is 5.76 Å². The zero-order valence-electron chi connectivity index (χ0n) is 15.3. The average molecular weight is 358 g/mol. The highest BCUT2D eigenvalue weighted by atomic mass is 16.6. The van der Waals surface area contributed by atoms with Gasteiger partial charge in [0.2, 0.25) is 0 Å². The van der Waals surface area contributed by atoms with Gasteiger partial charge in [0.05, 0.1) is 12.0 Å². The van der Waals surface area contributed by atoms with Gasteiger partial charge in [0.15, 0.2) is 11.9 Å². The molecule has 1 rings (SSSR count). The first-order valence-electron chi connectivity index (χ1n) is 8.19. The molecular formula is C17H26O8. The lowest BCUT2D eigenvalue weighted by atomic mass is 9.97. The van der Waals surface area contributed by atoms with Crippen molar-refractivity contribution >= 4 is 17.9 Å². The molecule has 0 saturated carbocycles. The maximum Gasteiger partial charge on any atom is 0.378 e. The van der Waals surface area contributed by atoms with E-state index < -0.39 is 35.5 Å². The summed E-state index contributed by atoms with van der Waals surface area (Å²) >= 11 is 0. The number of esters is 3. The standard InChI is InChI=1S/C17H26O8/c1-6-7-8-22-13-12(11(19)9-23-10(2)18)24-15(20)14(13)25-16(21)17(3,4)5/h11-12,19H,6-9H2,1-5H3/t11-,12+/m0/s1. The number of carbonyl (C=O) groups is 3. The fourth-order valence-electron chi connectivity index (χ4n) is 1.81. The molecular weight excluding hydrogens is 332 g/mol. The Morgan fingerprint density at radius 2 is 1.96 bits per heavy atom. The van der Waals surface area contributed by atoms with Gasteiger partial charge >= 0.3 is 17.9 Å². The highest BCUT2D eigenvalue weighted by Gasteiger charge is 2.44. The summed E-state index contributed by atoms with van der Waals surface area (Å²) in [6, 6.07) is 0. The third-order valence-electron chi connectivity index (χ3n) is 3.27. The molecule has 1 N–H and O–H groups in total. The predicted octanol–water partition coefficient (Wildman–Crippen LogP) is 1.45. The summed E-state index contributed by atoms with van der Waals surface area (Å²) in [7, 11) is 0. The number of rotatable bonds is 8. The van der Waals surface area contributed by atoms with Crippen molar-refractivity contribution < 1.29 is 38.4 Å². The summed E-state index contributed by atoms with van der Waals surface area (Å²) in [5, 5.41) is 10.1. The van der Waals surface area contributed by atoms with E-state index in [1.165, 1.54) is 6.92 Å². The third kappa shape index (κ3) is 6.04. The average Bonchev–Trinajstić information content (AvgIpc) is 2.81. The van der Waals surface area contributed by atoms with Gasteiger partial charge in [-0.3, -0.25) is 9.59 Å². The molecule has 0 bridgehead atoms. The molecule has 0 radical (unpaired) electrons. The van der Waals surface area contributed by atoms with Crippen LogP contribution < -0.4 is 0 Å².